The van der Waals surface area contributed by atoms with Crippen LogP contribution in [0.4, 0.5) is 0 Å². The Morgan fingerprint density at radius 3 is 2.85 bits per heavy atom. The summed E-state index contributed by atoms with van der Waals surface area (Å²) < 4.78 is 0. The third-order valence-electron chi connectivity index (χ3n) is 3.27. The number of hydrogen-bond acceptors (Lipinski definition) is 3. The lowest BCUT2D eigenvalue weighted by Crippen LogP contribution is -2.27. The first-order valence-corrected chi connectivity index (χ1v) is 7.37. The first-order valence-electron chi connectivity index (χ1n) is 6.43. The number of rotatable bonds is 3. The number of aryl methyl sites for hydroxylation is 1. The molecule has 1 unspecified atom stereocenters. The van der Waals surface area contributed by atoms with Crippen LogP contribution < -0.4 is 5.32 Å². The molecule has 0 radical (unpaired) electrons. The van der Waals surface area contributed by atoms with Gasteiger partial charge in [-0.15, -0.1) is 0 Å². The lowest BCUT2D eigenvalue weighted by atomic mass is 10.2. The number of carbonyl (C=O) groups excluding carboxylic acids is 1. The van der Waals surface area contributed by atoms with Gasteiger partial charge in [0.15, 0.2) is 0 Å². The Kier molecular flexibility index (Phi) is 3.28. The topological polar surface area (TPSA) is 57.8 Å². The Balaban J connectivity index is 1.80. The zero-order valence-electron chi connectivity index (χ0n) is 11.3. The zero-order valence-corrected chi connectivity index (χ0v) is 12.1. The second kappa shape index (κ2) is 5.09. The number of fused-ring (bicyclic) bond motifs is 1. The average molecular weight is 285 g/mol. The molecule has 0 saturated carbocycles. The molecule has 102 valence electrons. The summed E-state index contributed by atoms with van der Waals surface area (Å²) >= 11 is 1.54. The number of aromatic nitrogens is 2. The maximum atomic E-state index is 12.2. The Morgan fingerprint density at radius 2 is 2.15 bits per heavy atom. The summed E-state index contributed by atoms with van der Waals surface area (Å²) in [7, 11) is 0. The number of imidazole rings is 1. The number of nitrogens with zero attached hydrogens (tertiary/aromatic N) is 1. The monoisotopic (exact) mass is 285 g/mol. The summed E-state index contributed by atoms with van der Waals surface area (Å²) in [6.07, 6.45) is 0. The van der Waals surface area contributed by atoms with Crippen molar-refractivity contribution in [2.75, 3.05) is 0 Å². The Bertz CT molecular complexity index is 726. The largest absolute Gasteiger partial charge is 0.342 e. The number of aromatic amines is 1. The average Bonchev–Trinajstić information content (AvgIpc) is 3.04. The first kappa shape index (κ1) is 12.9. The molecule has 2 aromatic heterocycles. The number of H-pyrrole nitrogens is 1. The molecule has 3 rings (SSSR count). The minimum Gasteiger partial charge on any atom is -0.342 e. The Hall–Kier alpha value is -2.14. The molecular formula is C15H15N3OS. The van der Waals surface area contributed by atoms with E-state index in [1.54, 1.807) is 0 Å². The second-order valence-electron chi connectivity index (χ2n) is 4.80. The summed E-state index contributed by atoms with van der Waals surface area (Å²) in [6.45, 7) is 3.87. The van der Waals surface area contributed by atoms with Gasteiger partial charge in [-0.2, -0.15) is 11.3 Å². The fraction of sp³-hybridized carbons (Fsp3) is 0.200. The van der Waals surface area contributed by atoms with Gasteiger partial charge in [0, 0.05) is 5.38 Å². The van der Waals surface area contributed by atoms with Crippen LogP contribution in [-0.2, 0) is 0 Å². The lowest BCUT2D eigenvalue weighted by Gasteiger charge is -2.11. The quantitative estimate of drug-likeness (QED) is 0.774. The van der Waals surface area contributed by atoms with Gasteiger partial charge in [-0.25, -0.2) is 4.98 Å². The van der Waals surface area contributed by atoms with Crippen LogP contribution in [0.25, 0.3) is 11.0 Å². The smallest absolute Gasteiger partial charge is 0.252 e. The molecule has 1 amide bonds. The van der Waals surface area contributed by atoms with Crippen molar-refractivity contribution in [1.29, 1.82) is 0 Å². The SMILES string of the molecule is Cc1cscc1C(=O)NC(C)c1nc2ccccc2[nH]1. The highest BCUT2D eigenvalue weighted by atomic mass is 32.1. The maximum Gasteiger partial charge on any atom is 0.252 e. The van der Waals surface area contributed by atoms with Gasteiger partial charge in [0.2, 0.25) is 0 Å². The summed E-state index contributed by atoms with van der Waals surface area (Å²) in [4.78, 5) is 19.9. The number of thiophene rings is 1. The van der Waals surface area contributed by atoms with Crippen molar-refractivity contribution in [3.05, 3.63) is 52.0 Å². The Morgan fingerprint density at radius 1 is 1.35 bits per heavy atom. The van der Waals surface area contributed by atoms with Crippen LogP contribution in [0.1, 0.15) is 34.7 Å². The van der Waals surface area contributed by atoms with E-state index in [1.165, 1.54) is 11.3 Å². The van der Waals surface area contributed by atoms with E-state index in [0.717, 1.165) is 28.0 Å². The fourth-order valence-corrected chi connectivity index (χ4v) is 2.94. The molecule has 0 aliphatic heterocycles. The number of amides is 1. The van der Waals surface area contributed by atoms with Gasteiger partial charge in [-0.1, -0.05) is 12.1 Å². The van der Waals surface area contributed by atoms with Crippen LogP contribution in [0.5, 0.6) is 0 Å². The highest BCUT2D eigenvalue weighted by molar-refractivity contribution is 7.08. The van der Waals surface area contributed by atoms with E-state index in [0.29, 0.717) is 0 Å². The van der Waals surface area contributed by atoms with Crippen molar-refractivity contribution in [2.24, 2.45) is 0 Å². The maximum absolute atomic E-state index is 12.2. The molecule has 0 saturated heterocycles. The molecule has 5 heteroatoms. The van der Waals surface area contributed by atoms with E-state index >= 15 is 0 Å². The molecule has 0 aliphatic rings. The fourth-order valence-electron chi connectivity index (χ4n) is 2.11. The number of hydrogen-bond donors (Lipinski definition) is 2. The summed E-state index contributed by atoms with van der Waals surface area (Å²) in [5, 5.41) is 6.82. The highest BCUT2D eigenvalue weighted by Crippen LogP contribution is 2.18. The molecule has 20 heavy (non-hydrogen) atoms. The van der Waals surface area contributed by atoms with Gasteiger partial charge in [-0.05, 0) is 36.9 Å². The first-order chi connectivity index (χ1) is 9.65. The van der Waals surface area contributed by atoms with Crippen LogP contribution in [0.2, 0.25) is 0 Å². The van der Waals surface area contributed by atoms with Gasteiger partial charge in [0.05, 0.1) is 22.6 Å². The minimum absolute atomic E-state index is 0.0586. The van der Waals surface area contributed by atoms with Crippen LogP contribution in [0, 0.1) is 6.92 Å². The van der Waals surface area contributed by atoms with Crippen molar-refractivity contribution in [1.82, 2.24) is 15.3 Å². The standard InChI is InChI=1S/C15H15N3OS/c1-9-7-20-8-11(9)15(19)16-10(2)14-17-12-5-3-4-6-13(12)18-14/h3-8,10H,1-2H3,(H,16,19)(H,17,18). The van der Waals surface area contributed by atoms with E-state index in [-0.39, 0.29) is 11.9 Å². The van der Waals surface area contributed by atoms with Gasteiger partial charge < -0.3 is 10.3 Å². The predicted molar refractivity (Wildman–Crippen MR) is 81.0 cm³/mol. The van der Waals surface area contributed by atoms with Crippen LogP contribution in [-0.4, -0.2) is 15.9 Å². The normalized spacial score (nSPS) is 12.5. The summed E-state index contributed by atoms with van der Waals surface area (Å²) in [5.74, 6) is 0.712. The molecule has 4 nitrogen and oxygen atoms in total. The highest BCUT2D eigenvalue weighted by Gasteiger charge is 2.16. The van der Waals surface area contributed by atoms with Crippen molar-refractivity contribution < 1.29 is 4.79 Å². The second-order valence-corrected chi connectivity index (χ2v) is 5.55. The van der Waals surface area contributed by atoms with E-state index in [2.05, 4.69) is 15.3 Å². The molecule has 0 bridgehead atoms. The Labute approximate surface area is 120 Å². The van der Waals surface area contributed by atoms with E-state index < -0.39 is 0 Å². The van der Waals surface area contributed by atoms with Crippen molar-refractivity contribution in [3.63, 3.8) is 0 Å². The van der Waals surface area contributed by atoms with Crippen molar-refractivity contribution in [3.8, 4) is 0 Å². The van der Waals surface area contributed by atoms with Crippen molar-refractivity contribution in [2.45, 2.75) is 19.9 Å². The number of para-hydroxylation sites is 2. The molecule has 0 aliphatic carbocycles. The van der Waals surface area contributed by atoms with Gasteiger partial charge >= 0.3 is 0 Å². The zero-order chi connectivity index (χ0) is 14.1. The van der Waals surface area contributed by atoms with E-state index in [1.807, 2.05) is 48.9 Å². The number of nitrogens with one attached hydrogen (secondary N) is 2. The third kappa shape index (κ3) is 2.32. The number of carbonyl (C=O) groups is 1. The minimum atomic E-state index is -0.158. The molecule has 1 aromatic carbocycles. The third-order valence-corrected chi connectivity index (χ3v) is 4.13. The van der Waals surface area contributed by atoms with E-state index in [4.69, 9.17) is 0 Å². The number of benzene rings is 1. The van der Waals surface area contributed by atoms with Gasteiger partial charge in [0.1, 0.15) is 5.82 Å². The molecule has 1 atom stereocenters. The van der Waals surface area contributed by atoms with Crippen LogP contribution in [0.3, 0.4) is 0 Å². The van der Waals surface area contributed by atoms with Crippen LogP contribution >= 0.6 is 11.3 Å². The van der Waals surface area contributed by atoms with Crippen molar-refractivity contribution >= 4 is 28.3 Å². The summed E-state index contributed by atoms with van der Waals surface area (Å²) in [6, 6.07) is 7.68. The van der Waals surface area contributed by atoms with Crippen LogP contribution in [0.15, 0.2) is 35.0 Å². The molecule has 0 fully saturated rings. The lowest BCUT2D eigenvalue weighted by molar-refractivity contribution is 0.0938. The molecule has 2 heterocycles. The molecular weight excluding hydrogens is 270 g/mol. The summed E-state index contributed by atoms with van der Waals surface area (Å²) in [5.41, 5.74) is 3.63. The predicted octanol–water partition coefficient (Wildman–Crippen LogP) is 3.42. The molecule has 3 aromatic rings. The molecule has 0 spiro atoms. The van der Waals surface area contributed by atoms with E-state index in [9.17, 15) is 4.79 Å². The van der Waals surface area contributed by atoms with Gasteiger partial charge in [0.25, 0.3) is 5.91 Å². The molecule has 2 N–H and O–H groups in total. The van der Waals surface area contributed by atoms with Gasteiger partial charge in [-0.3, -0.25) is 4.79 Å².